The average molecular weight is 257 g/mol. The first-order valence-corrected chi connectivity index (χ1v) is 6.38. The standard InChI is InChI=1S/C12H17ClN2O2/c1-8-7-11(17-14-8)12(16)15-5-3-10(4-6-15)9(2)13/h7,9-10H,3-6H2,1-2H3. The molecule has 2 heterocycles. The Kier molecular flexibility index (Phi) is 3.72. The van der Waals surface area contributed by atoms with E-state index in [0.29, 0.717) is 11.7 Å². The highest BCUT2D eigenvalue weighted by molar-refractivity contribution is 6.20. The predicted molar refractivity (Wildman–Crippen MR) is 65.2 cm³/mol. The molecule has 0 spiro atoms. The van der Waals surface area contributed by atoms with Crippen LogP contribution >= 0.6 is 11.6 Å². The summed E-state index contributed by atoms with van der Waals surface area (Å²) in [7, 11) is 0. The Bertz CT molecular complexity index is 395. The van der Waals surface area contributed by atoms with Crippen molar-refractivity contribution in [1.29, 1.82) is 0 Å². The predicted octanol–water partition coefficient (Wildman–Crippen LogP) is 2.46. The van der Waals surface area contributed by atoms with Crippen LogP contribution in [0.15, 0.2) is 10.6 Å². The highest BCUT2D eigenvalue weighted by atomic mass is 35.5. The Morgan fingerprint density at radius 3 is 2.71 bits per heavy atom. The highest BCUT2D eigenvalue weighted by Crippen LogP contribution is 2.24. The summed E-state index contributed by atoms with van der Waals surface area (Å²) in [5.74, 6) is 0.781. The van der Waals surface area contributed by atoms with Gasteiger partial charge in [-0.3, -0.25) is 4.79 Å². The maximum Gasteiger partial charge on any atom is 0.292 e. The molecule has 5 heteroatoms. The van der Waals surface area contributed by atoms with Crippen molar-refractivity contribution in [3.8, 4) is 0 Å². The molecule has 1 aromatic rings. The fraction of sp³-hybridized carbons (Fsp3) is 0.667. The van der Waals surface area contributed by atoms with E-state index in [1.807, 2.05) is 18.7 Å². The Hall–Kier alpha value is -1.03. The van der Waals surface area contributed by atoms with E-state index in [2.05, 4.69) is 5.16 Å². The second kappa shape index (κ2) is 5.08. The van der Waals surface area contributed by atoms with Gasteiger partial charge in [0, 0.05) is 24.5 Å². The van der Waals surface area contributed by atoms with Crippen molar-refractivity contribution in [1.82, 2.24) is 10.1 Å². The normalized spacial score (nSPS) is 19.4. The second-order valence-electron chi connectivity index (χ2n) is 4.64. The molecular weight excluding hydrogens is 240 g/mol. The lowest BCUT2D eigenvalue weighted by atomic mass is 9.94. The molecule has 1 aromatic heterocycles. The third kappa shape index (κ3) is 2.80. The number of aryl methyl sites for hydroxylation is 1. The molecule has 4 nitrogen and oxygen atoms in total. The van der Waals surface area contributed by atoms with Crippen LogP contribution < -0.4 is 0 Å². The Morgan fingerprint density at radius 1 is 1.59 bits per heavy atom. The molecule has 2 rings (SSSR count). The summed E-state index contributed by atoms with van der Waals surface area (Å²) in [6.07, 6.45) is 1.92. The first-order valence-electron chi connectivity index (χ1n) is 5.94. The molecule has 0 bridgehead atoms. The largest absolute Gasteiger partial charge is 0.351 e. The number of halogens is 1. The minimum absolute atomic E-state index is 0.0636. The number of rotatable bonds is 2. The van der Waals surface area contributed by atoms with Crippen LogP contribution in [-0.4, -0.2) is 34.4 Å². The number of alkyl halides is 1. The third-order valence-electron chi connectivity index (χ3n) is 3.32. The van der Waals surface area contributed by atoms with E-state index in [4.69, 9.17) is 16.1 Å². The van der Waals surface area contributed by atoms with Gasteiger partial charge in [0.1, 0.15) is 0 Å². The van der Waals surface area contributed by atoms with Crippen LogP contribution in [0.25, 0.3) is 0 Å². The van der Waals surface area contributed by atoms with Crippen molar-refractivity contribution in [2.45, 2.75) is 32.1 Å². The summed E-state index contributed by atoms with van der Waals surface area (Å²) in [6, 6.07) is 1.68. The van der Waals surface area contributed by atoms with Gasteiger partial charge < -0.3 is 9.42 Å². The van der Waals surface area contributed by atoms with Crippen molar-refractivity contribution in [2.75, 3.05) is 13.1 Å². The SMILES string of the molecule is Cc1cc(C(=O)N2CCC(C(C)Cl)CC2)on1. The van der Waals surface area contributed by atoms with Crippen LogP contribution in [0.4, 0.5) is 0 Å². The van der Waals surface area contributed by atoms with Gasteiger partial charge in [-0.15, -0.1) is 11.6 Å². The number of hydrogen-bond donors (Lipinski definition) is 0. The van der Waals surface area contributed by atoms with Crippen molar-refractivity contribution in [2.24, 2.45) is 5.92 Å². The molecule has 1 atom stereocenters. The van der Waals surface area contributed by atoms with Gasteiger partial charge in [0.25, 0.3) is 5.91 Å². The first kappa shape index (κ1) is 12.4. The zero-order chi connectivity index (χ0) is 12.4. The van der Waals surface area contributed by atoms with Gasteiger partial charge in [-0.1, -0.05) is 5.16 Å². The lowest BCUT2D eigenvalue weighted by Gasteiger charge is -2.32. The second-order valence-corrected chi connectivity index (χ2v) is 5.33. The molecule has 0 saturated carbocycles. The molecule has 1 unspecified atom stereocenters. The van der Waals surface area contributed by atoms with Crippen molar-refractivity contribution < 1.29 is 9.32 Å². The van der Waals surface area contributed by atoms with Crippen LogP contribution in [0.3, 0.4) is 0 Å². The smallest absolute Gasteiger partial charge is 0.292 e. The quantitative estimate of drug-likeness (QED) is 0.764. The van der Waals surface area contributed by atoms with Crippen molar-refractivity contribution >= 4 is 17.5 Å². The van der Waals surface area contributed by atoms with Crippen LogP contribution in [0, 0.1) is 12.8 Å². The molecular formula is C12H17ClN2O2. The molecule has 0 aromatic carbocycles. The van der Waals surface area contributed by atoms with E-state index < -0.39 is 0 Å². The number of aromatic nitrogens is 1. The van der Waals surface area contributed by atoms with Gasteiger partial charge in [-0.2, -0.15) is 0 Å². The summed E-state index contributed by atoms with van der Waals surface area (Å²) in [5.41, 5.74) is 0.734. The number of nitrogens with zero attached hydrogens (tertiary/aromatic N) is 2. The third-order valence-corrected chi connectivity index (χ3v) is 3.67. The molecule has 1 aliphatic rings. The lowest BCUT2D eigenvalue weighted by molar-refractivity contribution is 0.0648. The van der Waals surface area contributed by atoms with Gasteiger partial charge in [0.15, 0.2) is 0 Å². The molecule has 0 aliphatic carbocycles. The van der Waals surface area contributed by atoms with Crippen molar-refractivity contribution in [3.05, 3.63) is 17.5 Å². The average Bonchev–Trinajstić information content (AvgIpc) is 2.75. The minimum atomic E-state index is -0.0636. The number of piperidine rings is 1. The van der Waals surface area contributed by atoms with E-state index >= 15 is 0 Å². The Labute approximate surface area is 106 Å². The van der Waals surface area contributed by atoms with Crippen LogP contribution in [0.1, 0.15) is 36.0 Å². The number of carbonyl (C=O) groups is 1. The molecule has 1 fully saturated rings. The molecule has 0 radical (unpaired) electrons. The Balaban J connectivity index is 1.95. The molecule has 0 N–H and O–H groups in total. The highest BCUT2D eigenvalue weighted by Gasteiger charge is 2.27. The summed E-state index contributed by atoms with van der Waals surface area (Å²) >= 11 is 6.07. The summed E-state index contributed by atoms with van der Waals surface area (Å²) in [4.78, 5) is 13.9. The molecule has 94 valence electrons. The number of hydrogen-bond acceptors (Lipinski definition) is 3. The number of carbonyl (C=O) groups excluding carboxylic acids is 1. The molecule has 1 amide bonds. The summed E-state index contributed by atoms with van der Waals surface area (Å²) < 4.78 is 4.99. The van der Waals surface area contributed by atoms with Gasteiger partial charge in [0.05, 0.1) is 5.69 Å². The van der Waals surface area contributed by atoms with E-state index in [9.17, 15) is 4.79 Å². The zero-order valence-electron chi connectivity index (χ0n) is 10.1. The molecule has 17 heavy (non-hydrogen) atoms. The van der Waals surface area contributed by atoms with Gasteiger partial charge in [-0.25, -0.2) is 0 Å². The van der Waals surface area contributed by atoms with Gasteiger partial charge >= 0.3 is 0 Å². The van der Waals surface area contributed by atoms with Gasteiger partial charge in [0.2, 0.25) is 5.76 Å². The van der Waals surface area contributed by atoms with E-state index in [0.717, 1.165) is 31.6 Å². The first-order chi connectivity index (χ1) is 8.08. The topological polar surface area (TPSA) is 46.3 Å². The van der Waals surface area contributed by atoms with E-state index in [1.54, 1.807) is 6.07 Å². The molecule has 1 saturated heterocycles. The fourth-order valence-corrected chi connectivity index (χ4v) is 2.43. The van der Waals surface area contributed by atoms with E-state index in [1.165, 1.54) is 0 Å². The van der Waals surface area contributed by atoms with E-state index in [-0.39, 0.29) is 11.3 Å². The van der Waals surface area contributed by atoms with Crippen LogP contribution in [0.5, 0.6) is 0 Å². The molecule has 1 aliphatic heterocycles. The fourth-order valence-electron chi connectivity index (χ4n) is 2.18. The Morgan fingerprint density at radius 2 is 2.24 bits per heavy atom. The van der Waals surface area contributed by atoms with Crippen molar-refractivity contribution in [3.63, 3.8) is 0 Å². The maximum absolute atomic E-state index is 12.0. The summed E-state index contributed by atoms with van der Waals surface area (Å²) in [5, 5.41) is 3.91. The number of likely N-dealkylation sites (tertiary alicyclic amines) is 1. The maximum atomic E-state index is 12.0. The lowest BCUT2D eigenvalue weighted by Crippen LogP contribution is -2.39. The van der Waals surface area contributed by atoms with Crippen LogP contribution in [-0.2, 0) is 0 Å². The monoisotopic (exact) mass is 256 g/mol. The van der Waals surface area contributed by atoms with Crippen LogP contribution in [0.2, 0.25) is 0 Å². The minimum Gasteiger partial charge on any atom is -0.351 e. The zero-order valence-corrected chi connectivity index (χ0v) is 10.9. The summed E-state index contributed by atoms with van der Waals surface area (Å²) in [6.45, 7) is 5.33. The number of amides is 1. The van der Waals surface area contributed by atoms with Gasteiger partial charge in [-0.05, 0) is 32.6 Å².